The van der Waals surface area contributed by atoms with Gasteiger partial charge in [-0.15, -0.1) is 0 Å². The molecule has 8 nitrogen and oxygen atoms in total. The largest absolute Gasteiger partial charge is 0.482 e. The molecule has 3 N–H and O–H groups in total. The molecular formula is C18H20N2O6S. The molecule has 0 bridgehead atoms. The zero-order valence-corrected chi connectivity index (χ0v) is 15.7. The Balaban J connectivity index is 1.77. The van der Waals surface area contributed by atoms with E-state index in [2.05, 4.69) is 5.32 Å². The highest BCUT2D eigenvalue weighted by Crippen LogP contribution is 2.16. The number of anilines is 1. The van der Waals surface area contributed by atoms with Gasteiger partial charge < -0.3 is 14.8 Å². The minimum atomic E-state index is -3.80. The smallest absolute Gasteiger partial charge is 0.344 e. The summed E-state index contributed by atoms with van der Waals surface area (Å²) in [5, 5.41) is 7.46. The highest BCUT2D eigenvalue weighted by atomic mass is 32.2. The van der Waals surface area contributed by atoms with Crippen LogP contribution in [-0.2, 0) is 24.3 Å². The highest BCUT2D eigenvalue weighted by Gasteiger charge is 2.11. The van der Waals surface area contributed by atoms with Crippen LogP contribution in [0.5, 0.6) is 5.75 Å². The number of carbonyl (C=O) groups is 2. The van der Waals surface area contributed by atoms with E-state index in [1.165, 1.54) is 24.3 Å². The number of nitrogens with one attached hydrogen (secondary N) is 1. The van der Waals surface area contributed by atoms with E-state index in [1.807, 2.05) is 19.9 Å². The van der Waals surface area contributed by atoms with Crippen LogP contribution in [0.15, 0.2) is 47.4 Å². The lowest BCUT2D eigenvalue weighted by atomic mass is 10.1. The maximum Gasteiger partial charge on any atom is 0.344 e. The number of amides is 1. The first-order valence-corrected chi connectivity index (χ1v) is 9.48. The molecule has 0 saturated heterocycles. The molecule has 0 aliphatic heterocycles. The van der Waals surface area contributed by atoms with Crippen LogP contribution in [0, 0.1) is 13.8 Å². The number of ether oxygens (including phenoxy) is 2. The number of rotatable bonds is 7. The van der Waals surface area contributed by atoms with Crippen molar-refractivity contribution in [3.8, 4) is 5.75 Å². The fourth-order valence-corrected chi connectivity index (χ4v) is 2.57. The predicted molar refractivity (Wildman–Crippen MR) is 98.8 cm³/mol. The van der Waals surface area contributed by atoms with Gasteiger partial charge in [-0.3, -0.25) is 4.79 Å². The summed E-state index contributed by atoms with van der Waals surface area (Å²) in [4.78, 5) is 23.4. The second kappa shape index (κ2) is 8.65. The molecule has 0 fully saturated rings. The molecule has 2 aromatic carbocycles. The predicted octanol–water partition coefficient (Wildman–Crippen LogP) is 1.51. The average molecular weight is 392 g/mol. The van der Waals surface area contributed by atoms with Crippen molar-refractivity contribution >= 4 is 27.6 Å². The van der Waals surface area contributed by atoms with Gasteiger partial charge in [-0.25, -0.2) is 18.4 Å². The van der Waals surface area contributed by atoms with Crippen molar-refractivity contribution in [2.75, 3.05) is 18.5 Å². The van der Waals surface area contributed by atoms with Crippen LogP contribution in [-0.4, -0.2) is 33.5 Å². The molecule has 0 aliphatic carbocycles. The molecule has 0 radical (unpaired) electrons. The second-order valence-corrected chi connectivity index (χ2v) is 7.37. The van der Waals surface area contributed by atoms with Crippen molar-refractivity contribution in [1.82, 2.24) is 0 Å². The van der Waals surface area contributed by atoms with E-state index >= 15 is 0 Å². The molecule has 0 spiro atoms. The van der Waals surface area contributed by atoms with E-state index in [9.17, 15) is 18.0 Å². The van der Waals surface area contributed by atoms with Crippen molar-refractivity contribution in [3.63, 3.8) is 0 Å². The lowest BCUT2D eigenvalue weighted by molar-refractivity contribution is -0.149. The molecule has 0 atom stereocenters. The Kier molecular flexibility index (Phi) is 6.54. The van der Waals surface area contributed by atoms with Gasteiger partial charge in [0.2, 0.25) is 10.0 Å². The standard InChI is InChI=1S/C18H20N2O6S/c1-12-3-6-15(9-13(12)2)25-11-18(22)26-10-17(21)20-14-4-7-16(8-5-14)27(19,23)24/h3-9H,10-11H2,1-2H3,(H,20,21)(H2,19,23,24). The first kappa shape index (κ1) is 20.4. The fourth-order valence-electron chi connectivity index (χ4n) is 2.06. The average Bonchev–Trinajstić information content (AvgIpc) is 2.60. The summed E-state index contributed by atoms with van der Waals surface area (Å²) in [6.45, 7) is 3.08. The molecule has 0 saturated carbocycles. The molecule has 0 aliphatic rings. The number of hydrogen-bond acceptors (Lipinski definition) is 6. The molecule has 0 unspecified atom stereocenters. The van der Waals surface area contributed by atoms with Gasteiger partial charge in [0.05, 0.1) is 4.90 Å². The minimum Gasteiger partial charge on any atom is -0.482 e. The van der Waals surface area contributed by atoms with Gasteiger partial charge in [0.1, 0.15) is 5.75 Å². The van der Waals surface area contributed by atoms with Crippen LogP contribution in [0.2, 0.25) is 0 Å². The number of sulfonamides is 1. The van der Waals surface area contributed by atoms with Gasteiger partial charge in [0.25, 0.3) is 5.91 Å². The van der Waals surface area contributed by atoms with Crippen LogP contribution >= 0.6 is 0 Å². The fraction of sp³-hybridized carbons (Fsp3) is 0.222. The topological polar surface area (TPSA) is 125 Å². The molecule has 0 aromatic heterocycles. The Morgan fingerprint density at radius 2 is 1.67 bits per heavy atom. The summed E-state index contributed by atoms with van der Waals surface area (Å²) in [5.41, 5.74) is 2.49. The van der Waals surface area contributed by atoms with Crippen LogP contribution in [0.1, 0.15) is 11.1 Å². The van der Waals surface area contributed by atoms with E-state index in [4.69, 9.17) is 14.6 Å². The van der Waals surface area contributed by atoms with Gasteiger partial charge in [0, 0.05) is 5.69 Å². The van der Waals surface area contributed by atoms with Gasteiger partial charge >= 0.3 is 5.97 Å². The number of aryl methyl sites for hydroxylation is 2. The van der Waals surface area contributed by atoms with Crippen LogP contribution in [0.4, 0.5) is 5.69 Å². The number of nitrogens with two attached hydrogens (primary N) is 1. The Labute approximate surface area is 157 Å². The third-order valence-electron chi connectivity index (χ3n) is 3.67. The molecule has 0 heterocycles. The van der Waals surface area contributed by atoms with Crippen molar-refractivity contribution in [3.05, 3.63) is 53.6 Å². The van der Waals surface area contributed by atoms with Crippen molar-refractivity contribution < 1.29 is 27.5 Å². The maximum atomic E-state index is 11.8. The van der Waals surface area contributed by atoms with Crippen molar-refractivity contribution in [2.24, 2.45) is 5.14 Å². The highest BCUT2D eigenvalue weighted by molar-refractivity contribution is 7.89. The monoisotopic (exact) mass is 392 g/mol. The molecule has 1 amide bonds. The zero-order valence-electron chi connectivity index (χ0n) is 14.9. The Hall–Kier alpha value is -2.91. The quantitative estimate of drug-likeness (QED) is 0.688. The molecule has 2 aromatic rings. The maximum absolute atomic E-state index is 11.8. The van der Waals surface area contributed by atoms with E-state index in [1.54, 1.807) is 12.1 Å². The first-order valence-electron chi connectivity index (χ1n) is 7.93. The molecular weight excluding hydrogens is 372 g/mol. The summed E-state index contributed by atoms with van der Waals surface area (Å²) >= 11 is 0. The van der Waals surface area contributed by atoms with Crippen LogP contribution in [0.25, 0.3) is 0 Å². The number of benzene rings is 2. The zero-order chi connectivity index (χ0) is 20.0. The lowest BCUT2D eigenvalue weighted by Gasteiger charge is -2.09. The molecule has 2 rings (SSSR count). The molecule has 144 valence electrons. The van der Waals surface area contributed by atoms with E-state index in [-0.39, 0.29) is 11.5 Å². The first-order chi connectivity index (χ1) is 12.6. The van der Waals surface area contributed by atoms with Gasteiger partial charge in [0.15, 0.2) is 13.2 Å². The van der Waals surface area contributed by atoms with Crippen LogP contribution in [0.3, 0.4) is 0 Å². The van der Waals surface area contributed by atoms with Gasteiger partial charge in [-0.2, -0.15) is 0 Å². The SMILES string of the molecule is Cc1ccc(OCC(=O)OCC(=O)Nc2ccc(S(N)(=O)=O)cc2)cc1C. The number of carbonyl (C=O) groups excluding carboxylic acids is 2. The Bertz CT molecular complexity index is 939. The number of esters is 1. The normalized spacial score (nSPS) is 10.9. The lowest BCUT2D eigenvalue weighted by Crippen LogP contribution is -2.23. The Morgan fingerprint density at radius 3 is 2.26 bits per heavy atom. The summed E-state index contributed by atoms with van der Waals surface area (Å²) in [6.07, 6.45) is 0. The number of primary sulfonamides is 1. The number of hydrogen-bond donors (Lipinski definition) is 2. The summed E-state index contributed by atoms with van der Waals surface area (Å²) in [7, 11) is -3.80. The van der Waals surface area contributed by atoms with Crippen LogP contribution < -0.4 is 15.2 Å². The van der Waals surface area contributed by atoms with Gasteiger partial charge in [-0.05, 0) is 61.4 Å². The second-order valence-electron chi connectivity index (χ2n) is 5.81. The van der Waals surface area contributed by atoms with E-state index in [0.29, 0.717) is 11.4 Å². The molecule has 9 heteroatoms. The third-order valence-corrected chi connectivity index (χ3v) is 4.60. The van der Waals surface area contributed by atoms with Crippen molar-refractivity contribution in [1.29, 1.82) is 0 Å². The summed E-state index contributed by atoms with van der Waals surface area (Å²) in [6, 6.07) is 10.7. The van der Waals surface area contributed by atoms with Crippen molar-refractivity contribution in [2.45, 2.75) is 18.7 Å². The summed E-state index contributed by atoms with van der Waals surface area (Å²) in [5.74, 6) is -0.722. The van der Waals surface area contributed by atoms with Gasteiger partial charge in [-0.1, -0.05) is 6.07 Å². The third kappa shape index (κ3) is 6.39. The van der Waals surface area contributed by atoms with E-state index in [0.717, 1.165) is 11.1 Å². The van der Waals surface area contributed by atoms with E-state index < -0.39 is 28.5 Å². The minimum absolute atomic E-state index is 0.0737. The Morgan fingerprint density at radius 1 is 1.00 bits per heavy atom. The summed E-state index contributed by atoms with van der Waals surface area (Å²) < 4.78 is 32.5. The molecule has 27 heavy (non-hydrogen) atoms.